The number of carbonyl (C=O) groups excluding carboxylic acids is 2. The molecule has 0 saturated carbocycles. The quantitative estimate of drug-likeness (QED) is 0.153. The van der Waals surface area contributed by atoms with Crippen molar-refractivity contribution in [3.8, 4) is 5.75 Å². The van der Waals surface area contributed by atoms with Crippen molar-refractivity contribution < 1.29 is 23.5 Å². The van der Waals surface area contributed by atoms with E-state index in [-0.39, 0.29) is 33.4 Å². The van der Waals surface area contributed by atoms with Crippen LogP contribution >= 0.6 is 11.3 Å². The number of aryl methyl sites for hydroxylation is 1. The topological polar surface area (TPSA) is 98.9 Å². The number of unbranched alkanes of at least 4 members (excludes halogenated alkanes) is 1. The molecule has 0 N–H and O–H groups in total. The van der Waals surface area contributed by atoms with E-state index in [1.165, 1.54) is 11.0 Å². The van der Waals surface area contributed by atoms with Gasteiger partial charge in [0.25, 0.3) is 5.91 Å². The van der Waals surface area contributed by atoms with Gasteiger partial charge in [0.05, 0.1) is 29.3 Å². The van der Waals surface area contributed by atoms with Gasteiger partial charge in [-0.05, 0) is 43.2 Å². The summed E-state index contributed by atoms with van der Waals surface area (Å²) >= 11 is 1.03. The van der Waals surface area contributed by atoms with Gasteiger partial charge >= 0.3 is 5.97 Å². The third-order valence-electron chi connectivity index (χ3n) is 6.23. The first kappa shape index (κ1) is 25.4. The van der Waals surface area contributed by atoms with Gasteiger partial charge in [-0.1, -0.05) is 61.6 Å². The van der Waals surface area contributed by atoms with Gasteiger partial charge in [0.1, 0.15) is 22.8 Å². The van der Waals surface area contributed by atoms with Crippen LogP contribution in [0.4, 0.5) is 5.13 Å². The van der Waals surface area contributed by atoms with Crippen LogP contribution < -0.4 is 15.1 Å². The Morgan fingerprint density at radius 3 is 2.82 bits per heavy atom. The highest BCUT2D eigenvalue weighted by Gasteiger charge is 2.45. The molecule has 0 spiro atoms. The Labute approximate surface area is 223 Å². The van der Waals surface area contributed by atoms with Gasteiger partial charge in [0.15, 0.2) is 10.6 Å². The van der Waals surface area contributed by atoms with E-state index >= 15 is 0 Å². The fraction of sp³-hybridized carbons (Fsp3) is 0.241. The van der Waals surface area contributed by atoms with Crippen molar-refractivity contribution in [2.45, 2.75) is 32.7 Å². The number of aromatic nitrogens is 1. The van der Waals surface area contributed by atoms with Crippen LogP contribution in [0.3, 0.4) is 0 Å². The number of carbonyl (C=O) groups is 2. The van der Waals surface area contributed by atoms with E-state index < -0.39 is 17.9 Å². The van der Waals surface area contributed by atoms with Gasteiger partial charge in [0.2, 0.25) is 5.76 Å². The highest BCUT2D eigenvalue weighted by Crippen LogP contribution is 2.43. The Balaban J connectivity index is 1.66. The normalized spacial score (nSPS) is 14.5. The fourth-order valence-corrected chi connectivity index (χ4v) is 5.40. The SMILES string of the molecule is C=CCOC(=O)c1sc(N2C(=O)c3oc4ccccc4c(=O)c3[C@@H]2c2cccc(OCCCC)c2)nc1C. The number of benzene rings is 2. The van der Waals surface area contributed by atoms with Crippen molar-refractivity contribution in [2.75, 3.05) is 18.1 Å². The van der Waals surface area contributed by atoms with Crippen molar-refractivity contribution in [3.63, 3.8) is 0 Å². The number of esters is 1. The summed E-state index contributed by atoms with van der Waals surface area (Å²) in [5.41, 5.74) is 1.34. The molecule has 1 atom stereocenters. The molecule has 0 bridgehead atoms. The highest BCUT2D eigenvalue weighted by atomic mass is 32.1. The van der Waals surface area contributed by atoms with Crippen LogP contribution in [0.2, 0.25) is 0 Å². The van der Waals surface area contributed by atoms with Crippen LogP contribution in [0, 0.1) is 6.92 Å². The lowest BCUT2D eigenvalue weighted by atomic mass is 9.98. The maximum atomic E-state index is 13.8. The van der Waals surface area contributed by atoms with Crippen molar-refractivity contribution in [2.24, 2.45) is 0 Å². The van der Waals surface area contributed by atoms with E-state index in [0.29, 0.717) is 34.6 Å². The molecule has 9 heteroatoms. The number of fused-ring (bicyclic) bond motifs is 2. The molecule has 2 aromatic carbocycles. The van der Waals surface area contributed by atoms with Crippen LogP contribution in [0.15, 0.2) is 70.4 Å². The number of amides is 1. The lowest BCUT2D eigenvalue weighted by molar-refractivity contribution is 0.0554. The van der Waals surface area contributed by atoms with E-state index in [0.717, 1.165) is 24.2 Å². The average Bonchev–Trinajstić information content (AvgIpc) is 3.45. The lowest BCUT2D eigenvalue weighted by Gasteiger charge is -2.23. The second kappa shape index (κ2) is 10.6. The molecule has 0 saturated heterocycles. The summed E-state index contributed by atoms with van der Waals surface area (Å²) in [6.07, 6.45) is 3.37. The number of hydrogen-bond acceptors (Lipinski definition) is 8. The second-order valence-corrected chi connectivity index (χ2v) is 9.80. The molecule has 0 aliphatic carbocycles. The summed E-state index contributed by atoms with van der Waals surface area (Å²) in [5.74, 6) is -0.478. The summed E-state index contributed by atoms with van der Waals surface area (Å²) in [4.78, 5) is 46.4. The average molecular weight is 531 g/mol. The molecule has 3 heterocycles. The van der Waals surface area contributed by atoms with E-state index in [1.54, 1.807) is 31.2 Å². The van der Waals surface area contributed by atoms with Gasteiger partial charge in [-0.3, -0.25) is 14.5 Å². The largest absolute Gasteiger partial charge is 0.494 e. The number of para-hydroxylation sites is 1. The summed E-state index contributed by atoms with van der Waals surface area (Å²) < 4.78 is 17.1. The molecule has 0 unspecified atom stereocenters. The standard InChI is InChI=1S/C29H26N2O6S/c1-4-6-15-35-19-11-9-10-18(16-19)23-22-24(32)20-12-7-8-13-21(20)37-25(22)27(33)31(23)29-30-17(3)26(38-29)28(34)36-14-5-2/h5,7-13,16,23H,2,4,6,14-15H2,1,3H3/t23-/m0/s1. The van der Waals surface area contributed by atoms with Crippen LogP contribution in [0.25, 0.3) is 11.0 Å². The molecule has 38 heavy (non-hydrogen) atoms. The van der Waals surface area contributed by atoms with E-state index in [2.05, 4.69) is 18.5 Å². The van der Waals surface area contributed by atoms with Gasteiger partial charge in [0, 0.05) is 0 Å². The molecular formula is C29H26N2O6S. The molecule has 1 aliphatic rings. The number of hydrogen-bond donors (Lipinski definition) is 0. The van der Waals surface area contributed by atoms with Gasteiger partial charge < -0.3 is 13.9 Å². The first-order valence-corrected chi connectivity index (χ1v) is 13.1. The molecule has 0 fully saturated rings. The van der Waals surface area contributed by atoms with Gasteiger partial charge in [-0.15, -0.1) is 0 Å². The number of rotatable bonds is 9. The minimum Gasteiger partial charge on any atom is -0.494 e. The maximum Gasteiger partial charge on any atom is 0.350 e. The van der Waals surface area contributed by atoms with E-state index in [1.807, 2.05) is 24.3 Å². The Kier molecular flexibility index (Phi) is 7.11. The first-order valence-electron chi connectivity index (χ1n) is 12.3. The molecule has 4 aromatic rings. The lowest BCUT2D eigenvalue weighted by Crippen LogP contribution is -2.29. The molecular weight excluding hydrogens is 504 g/mol. The van der Waals surface area contributed by atoms with Crippen molar-refractivity contribution >= 4 is 39.3 Å². The number of nitrogens with zero attached hydrogens (tertiary/aromatic N) is 2. The zero-order chi connectivity index (χ0) is 26.8. The molecule has 1 amide bonds. The maximum absolute atomic E-state index is 13.8. The summed E-state index contributed by atoms with van der Waals surface area (Å²) in [6, 6.07) is 13.3. The minimum absolute atomic E-state index is 0.0420. The molecule has 5 rings (SSSR count). The molecule has 2 aromatic heterocycles. The predicted molar refractivity (Wildman–Crippen MR) is 145 cm³/mol. The zero-order valence-electron chi connectivity index (χ0n) is 21.1. The Bertz CT molecular complexity index is 1600. The van der Waals surface area contributed by atoms with Gasteiger partial charge in [-0.2, -0.15) is 0 Å². The smallest absolute Gasteiger partial charge is 0.350 e. The van der Waals surface area contributed by atoms with Crippen LogP contribution in [0.1, 0.15) is 62.9 Å². The highest BCUT2D eigenvalue weighted by molar-refractivity contribution is 7.17. The van der Waals surface area contributed by atoms with Crippen molar-refractivity contribution in [3.05, 3.63) is 98.9 Å². The first-order chi connectivity index (χ1) is 18.4. The number of thiazole rings is 1. The number of anilines is 1. The zero-order valence-corrected chi connectivity index (χ0v) is 21.9. The van der Waals surface area contributed by atoms with Gasteiger partial charge in [-0.25, -0.2) is 9.78 Å². The molecule has 0 radical (unpaired) electrons. The third kappa shape index (κ3) is 4.50. The second-order valence-electron chi connectivity index (χ2n) is 8.82. The summed E-state index contributed by atoms with van der Waals surface area (Å²) in [7, 11) is 0. The van der Waals surface area contributed by atoms with Crippen molar-refractivity contribution in [1.29, 1.82) is 0 Å². The molecule has 1 aliphatic heterocycles. The monoisotopic (exact) mass is 530 g/mol. The molecule has 8 nitrogen and oxygen atoms in total. The Morgan fingerprint density at radius 2 is 2.03 bits per heavy atom. The number of ether oxygens (including phenoxy) is 2. The van der Waals surface area contributed by atoms with Crippen LogP contribution in [-0.2, 0) is 4.74 Å². The summed E-state index contributed by atoms with van der Waals surface area (Å²) in [6.45, 7) is 7.93. The third-order valence-corrected chi connectivity index (χ3v) is 7.36. The fourth-order valence-electron chi connectivity index (χ4n) is 4.42. The van der Waals surface area contributed by atoms with E-state index in [4.69, 9.17) is 13.9 Å². The minimum atomic E-state index is -0.823. The Morgan fingerprint density at radius 1 is 1.21 bits per heavy atom. The summed E-state index contributed by atoms with van der Waals surface area (Å²) in [5, 5.41) is 0.639. The van der Waals surface area contributed by atoms with Crippen LogP contribution in [0.5, 0.6) is 5.75 Å². The van der Waals surface area contributed by atoms with Crippen LogP contribution in [-0.4, -0.2) is 30.1 Å². The molecule has 194 valence electrons. The van der Waals surface area contributed by atoms with E-state index in [9.17, 15) is 14.4 Å². The van der Waals surface area contributed by atoms with Crippen molar-refractivity contribution in [1.82, 2.24) is 4.98 Å². The predicted octanol–water partition coefficient (Wildman–Crippen LogP) is 5.83. The Hall–Kier alpha value is -4.24.